The number of methoxy groups -OCH3 is 1. The highest BCUT2D eigenvalue weighted by Crippen LogP contribution is 2.42. The normalized spacial score (nSPS) is 16.5. The molecule has 1 heterocycles. The molecule has 0 aromatic heterocycles. The summed E-state index contributed by atoms with van der Waals surface area (Å²) in [5.41, 5.74) is 9.67. The summed E-state index contributed by atoms with van der Waals surface area (Å²) in [6.45, 7) is 2.62. The Morgan fingerprint density at radius 2 is 1.76 bits per heavy atom. The molecule has 7 heteroatoms. The molecule has 3 aromatic carbocycles. The summed E-state index contributed by atoms with van der Waals surface area (Å²) >= 11 is 13.0. The van der Waals surface area contributed by atoms with Gasteiger partial charge in [0.25, 0.3) is 0 Å². The summed E-state index contributed by atoms with van der Waals surface area (Å²) in [5.74, 6) is -0.416. The maximum atomic E-state index is 12.3. The molecular formula is C35H34Cl2N2O3. The minimum atomic E-state index is -0.334. The number of fused-ring (bicyclic) bond motifs is 1. The first-order chi connectivity index (χ1) is 20.4. The molecule has 0 bridgehead atoms. The van der Waals surface area contributed by atoms with Gasteiger partial charge in [-0.2, -0.15) is 0 Å². The summed E-state index contributed by atoms with van der Waals surface area (Å²) in [4.78, 5) is 26.1. The van der Waals surface area contributed by atoms with Crippen molar-refractivity contribution in [3.8, 4) is 0 Å². The SMILES string of the molecule is CNC(=O)/C=C/CN1CC/C(=C/c2ccc(C3=C(c4ccc(Cl)cc4Cl)CCCc4cc(C(=O)OC)ccc43)cc2)C1. The van der Waals surface area contributed by atoms with Gasteiger partial charge in [-0.15, -0.1) is 0 Å². The van der Waals surface area contributed by atoms with E-state index in [4.69, 9.17) is 27.9 Å². The number of allylic oxidation sites excluding steroid dienone is 1. The second-order valence-corrected chi connectivity index (χ2v) is 11.5. The van der Waals surface area contributed by atoms with Crippen LogP contribution in [0.25, 0.3) is 17.2 Å². The largest absolute Gasteiger partial charge is 0.465 e. The van der Waals surface area contributed by atoms with E-state index in [1.807, 2.05) is 36.4 Å². The Balaban J connectivity index is 1.49. The summed E-state index contributed by atoms with van der Waals surface area (Å²) in [6, 6.07) is 20.2. The summed E-state index contributed by atoms with van der Waals surface area (Å²) in [7, 11) is 3.04. The first-order valence-corrected chi connectivity index (χ1v) is 14.9. The van der Waals surface area contributed by atoms with Crippen LogP contribution in [0.4, 0.5) is 0 Å². The zero-order valence-electron chi connectivity index (χ0n) is 23.9. The second kappa shape index (κ2) is 13.6. The van der Waals surface area contributed by atoms with Gasteiger partial charge in [-0.3, -0.25) is 9.69 Å². The van der Waals surface area contributed by atoms with Gasteiger partial charge in [-0.05, 0) is 88.9 Å². The molecule has 1 amide bonds. The number of likely N-dealkylation sites (tertiary alicyclic amines) is 1. The molecule has 216 valence electrons. The minimum Gasteiger partial charge on any atom is -0.465 e. The van der Waals surface area contributed by atoms with Crippen LogP contribution < -0.4 is 5.32 Å². The molecule has 42 heavy (non-hydrogen) atoms. The monoisotopic (exact) mass is 600 g/mol. The lowest BCUT2D eigenvalue weighted by Crippen LogP contribution is -2.20. The van der Waals surface area contributed by atoms with Crippen molar-refractivity contribution < 1.29 is 14.3 Å². The molecule has 1 aliphatic carbocycles. The van der Waals surface area contributed by atoms with Crippen molar-refractivity contribution >= 4 is 52.3 Å². The highest BCUT2D eigenvalue weighted by Gasteiger charge is 2.23. The molecule has 0 spiro atoms. The number of aryl methyl sites for hydroxylation is 1. The van der Waals surface area contributed by atoms with E-state index < -0.39 is 0 Å². The Kier molecular flexibility index (Phi) is 9.63. The predicted octanol–water partition coefficient (Wildman–Crippen LogP) is 7.47. The Morgan fingerprint density at radius 3 is 2.50 bits per heavy atom. The Morgan fingerprint density at radius 1 is 0.976 bits per heavy atom. The van der Waals surface area contributed by atoms with E-state index in [2.05, 4.69) is 40.6 Å². The van der Waals surface area contributed by atoms with Gasteiger partial charge in [0.05, 0.1) is 12.7 Å². The van der Waals surface area contributed by atoms with E-state index in [0.717, 1.165) is 78.7 Å². The standard InChI is InChI=1S/C35H34Cl2N2O3/c1-38-33(40)7-4-17-39-18-16-24(22-39)19-23-8-10-25(11-9-23)34-29-14-12-27(35(41)42-2)20-26(29)5-3-6-31(34)30-15-13-28(36)21-32(30)37/h4,7-15,19-21H,3,5-6,16-18,22H2,1-2H3,(H,38,40)/b7-4+,24-19-. The number of carbonyl (C=O) groups is 2. The van der Waals surface area contributed by atoms with Gasteiger partial charge >= 0.3 is 5.97 Å². The van der Waals surface area contributed by atoms with E-state index in [1.54, 1.807) is 19.2 Å². The smallest absolute Gasteiger partial charge is 0.337 e. The number of halogens is 2. The van der Waals surface area contributed by atoms with Crippen molar-refractivity contribution in [1.82, 2.24) is 10.2 Å². The quantitative estimate of drug-likeness (QED) is 0.226. The number of ether oxygens (including phenoxy) is 1. The molecule has 0 saturated carbocycles. The highest BCUT2D eigenvalue weighted by atomic mass is 35.5. The second-order valence-electron chi connectivity index (χ2n) is 10.6. The van der Waals surface area contributed by atoms with Gasteiger partial charge in [0, 0.05) is 42.8 Å². The van der Waals surface area contributed by atoms with Crippen LogP contribution in [-0.4, -0.2) is 50.6 Å². The number of carbonyl (C=O) groups excluding carboxylic acids is 2. The third-order valence-corrected chi connectivity index (χ3v) is 8.40. The van der Waals surface area contributed by atoms with E-state index in [9.17, 15) is 9.59 Å². The molecule has 2 aliphatic rings. The molecule has 0 unspecified atom stereocenters. The van der Waals surface area contributed by atoms with Crippen molar-refractivity contribution in [2.24, 2.45) is 0 Å². The lowest BCUT2D eigenvalue weighted by molar-refractivity contribution is -0.116. The fourth-order valence-electron chi connectivity index (χ4n) is 5.76. The molecule has 5 nitrogen and oxygen atoms in total. The van der Waals surface area contributed by atoms with Gasteiger partial charge < -0.3 is 10.1 Å². The molecule has 1 N–H and O–H groups in total. The zero-order chi connectivity index (χ0) is 29.6. The highest BCUT2D eigenvalue weighted by molar-refractivity contribution is 6.36. The molecule has 0 atom stereocenters. The van der Waals surface area contributed by atoms with Gasteiger partial charge in [0.1, 0.15) is 0 Å². The van der Waals surface area contributed by atoms with Gasteiger partial charge in [0.15, 0.2) is 0 Å². The maximum Gasteiger partial charge on any atom is 0.337 e. The Hall–Kier alpha value is -3.64. The fourth-order valence-corrected chi connectivity index (χ4v) is 6.28. The van der Waals surface area contributed by atoms with Gasteiger partial charge in [-0.1, -0.05) is 77.3 Å². The number of amides is 1. The molecule has 3 aromatic rings. The lowest BCUT2D eigenvalue weighted by atomic mass is 9.87. The molecule has 1 saturated heterocycles. The number of esters is 1. The predicted molar refractivity (Wildman–Crippen MR) is 172 cm³/mol. The van der Waals surface area contributed by atoms with Crippen LogP contribution in [0.15, 0.2) is 78.4 Å². The number of nitrogens with zero attached hydrogens (tertiary/aromatic N) is 1. The minimum absolute atomic E-state index is 0.0816. The van der Waals surface area contributed by atoms with Gasteiger partial charge in [-0.25, -0.2) is 4.79 Å². The van der Waals surface area contributed by atoms with Gasteiger partial charge in [0.2, 0.25) is 5.91 Å². The van der Waals surface area contributed by atoms with Crippen LogP contribution >= 0.6 is 23.2 Å². The van der Waals surface area contributed by atoms with E-state index >= 15 is 0 Å². The number of rotatable bonds is 7. The van der Waals surface area contributed by atoms with Crippen molar-refractivity contribution in [2.75, 3.05) is 33.8 Å². The number of nitrogens with one attached hydrogen (secondary N) is 1. The first-order valence-electron chi connectivity index (χ1n) is 14.2. The van der Waals surface area contributed by atoms with Crippen LogP contribution in [0.5, 0.6) is 0 Å². The molecule has 0 radical (unpaired) electrons. The third kappa shape index (κ3) is 6.87. The van der Waals surface area contributed by atoms with Crippen molar-refractivity contribution in [3.63, 3.8) is 0 Å². The average Bonchev–Trinajstić information content (AvgIpc) is 3.35. The molecule has 1 fully saturated rings. The first kappa shape index (κ1) is 29.8. The number of benzene rings is 3. The van der Waals surface area contributed by atoms with E-state index in [1.165, 1.54) is 18.3 Å². The van der Waals surface area contributed by atoms with Crippen LogP contribution in [0.2, 0.25) is 10.0 Å². The lowest BCUT2D eigenvalue weighted by Gasteiger charge is -2.18. The number of hydrogen-bond donors (Lipinski definition) is 1. The molecule has 5 rings (SSSR count). The topological polar surface area (TPSA) is 58.6 Å². The zero-order valence-corrected chi connectivity index (χ0v) is 25.4. The van der Waals surface area contributed by atoms with Crippen LogP contribution in [-0.2, 0) is 16.0 Å². The maximum absolute atomic E-state index is 12.3. The van der Waals surface area contributed by atoms with Crippen LogP contribution in [0.1, 0.15) is 57.4 Å². The number of hydrogen-bond acceptors (Lipinski definition) is 4. The summed E-state index contributed by atoms with van der Waals surface area (Å²) in [5, 5.41) is 3.84. The summed E-state index contributed by atoms with van der Waals surface area (Å²) < 4.78 is 4.99. The third-order valence-electron chi connectivity index (χ3n) is 7.85. The molecule has 1 aliphatic heterocycles. The molecular weight excluding hydrogens is 567 g/mol. The average molecular weight is 602 g/mol. The van der Waals surface area contributed by atoms with Crippen molar-refractivity contribution in [1.29, 1.82) is 0 Å². The van der Waals surface area contributed by atoms with E-state index in [-0.39, 0.29) is 11.9 Å². The Labute approximate surface area is 257 Å². The summed E-state index contributed by atoms with van der Waals surface area (Å²) in [6.07, 6.45) is 9.38. The van der Waals surface area contributed by atoms with Crippen molar-refractivity contribution in [2.45, 2.75) is 25.7 Å². The van der Waals surface area contributed by atoms with Crippen LogP contribution in [0.3, 0.4) is 0 Å². The Bertz CT molecular complexity index is 1590. The van der Waals surface area contributed by atoms with Crippen LogP contribution in [0, 0.1) is 0 Å². The fraction of sp³-hybridized carbons (Fsp3) is 0.257. The van der Waals surface area contributed by atoms with Crippen molar-refractivity contribution in [3.05, 3.63) is 122 Å². The number of likely N-dealkylation sites (N-methyl/N-ethyl adjacent to an activating group) is 1. The van der Waals surface area contributed by atoms with E-state index in [0.29, 0.717) is 15.6 Å².